The third-order valence-corrected chi connectivity index (χ3v) is 2.90. The second kappa shape index (κ2) is 6.31. The summed E-state index contributed by atoms with van der Waals surface area (Å²) in [5.41, 5.74) is 3.67. The predicted octanol–water partition coefficient (Wildman–Crippen LogP) is 3.74. The summed E-state index contributed by atoms with van der Waals surface area (Å²) in [6.45, 7) is 0. The van der Waals surface area contributed by atoms with Gasteiger partial charge in [-0.2, -0.15) is 5.10 Å². The van der Waals surface area contributed by atoms with Gasteiger partial charge in [-0.1, -0.05) is 35.3 Å². The van der Waals surface area contributed by atoms with Gasteiger partial charge < -0.3 is 0 Å². The van der Waals surface area contributed by atoms with Gasteiger partial charge in [-0.15, -0.1) is 0 Å². The molecule has 1 heterocycles. The second-order valence-corrected chi connectivity index (χ2v) is 4.51. The fraction of sp³-hybridized carbons (Fsp3) is 0. The van der Waals surface area contributed by atoms with Crippen LogP contribution in [0, 0.1) is 10.1 Å². The van der Waals surface area contributed by atoms with Gasteiger partial charge in [-0.05, 0) is 0 Å². The van der Waals surface area contributed by atoms with Crippen LogP contribution in [0.1, 0.15) is 5.56 Å². The summed E-state index contributed by atoms with van der Waals surface area (Å²) in [4.78, 5) is 14.0. The maximum Gasteiger partial charge on any atom is 0.270 e. The smallest absolute Gasteiger partial charge is 0.270 e. The minimum absolute atomic E-state index is 0.00562. The van der Waals surface area contributed by atoms with Crippen molar-refractivity contribution in [2.75, 3.05) is 5.43 Å². The van der Waals surface area contributed by atoms with Crippen LogP contribution in [0.25, 0.3) is 0 Å². The molecular formula is C12H8Cl2N4O2. The summed E-state index contributed by atoms with van der Waals surface area (Å²) < 4.78 is 0. The zero-order valence-corrected chi connectivity index (χ0v) is 11.5. The Hall–Kier alpha value is -2.18. The van der Waals surface area contributed by atoms with Crippen LogP contribution in [-0.2, 0) is 0 Å². The molecule has 0 spiro atoms. The highest BCUT2D eigenvalue weighted by atomic mass is 35.5. The Morgan fingerprint density at radius 3 is 2.65 bits per heavy atom. The van der Waals surface area contributed by atoms with Gasteiger partial charge in [0.25, 0.3) is 5.69 Å². The number of pyridine rings is 1. The number of nitro groups is 1. The molecule has 0 aliphatic carbocycles. The van der Waals surface area contributed by atoms with E-state index in [0.29, 0.717) is 21.3 Å². The summed E-state index contributed by atoms with van der Waals surface area (Å²) >= 11 is 11.8. The topological polar surface area (TPSA) is 80.4 Å². The normalized spacial score (nSPS) is 10.7. The Bertz CT molecular complexity index is 656. The molecule has 2 rings (SSSR count). The molecule has 0 bridgehead atoms. The predicted molar refractivity (Wildman–Crippen MR) is 78.6 cm³/mol. The standard InChI is InChI=1S/C12H8Cl2N4O2/c13-10-6-15-7-11(14)12(10)17-16-5-8-2-1-3-9(4-8)18(19)20/h1-7H,(H,15,17)/b16-5-. The van der Waals surface area contributed by atoms with Crippen molar-refractivity contribution in [1.29, 1.82) is 0 Å². The van der Waals surface area contributed by atoms with E-state index < -0.39 is 4.92 Å². The fourth-order valence-electron chi connectivity index (χ4n) is 1.41. The highest BCUT2D eigenvalue weighted by Crippen LogP contribution is 2.28. The quantitative estimate of drug-likeness (QED) is 0.530. The maximum absolute atomic E-state index is 10.6. The Balaban J connectivity index is 2.14. The third kappa shape index (κ3) is 3.43. The SMILES string of the molecule is O=[N+]([O-])c1cccc(/C=N\Nc2c(Cl)cncc2Cl)c1. The van der Waals surface area contributed by atoms with Gasteiger partial charge in [0.15, 0.2) is 0 Å². The molecule has 0 fully saturated rings. The van der Waals surface area contributed by atoms with Crippen molar-refractivity contribution in [3.63, 3.8) is 0 Å². The van der Waals surface area contributed by atoms with Gasteiger partial charge >= 0.3 is 0 Å². The van der Waals surface area contributed by atoms with Gasteiger partial charge in [-0.3, -0.25) is 20.5 Å². The molecule has 0 aliphatic rings. The molecule has 0 saturated heterocycles. The molecule has 0 amide bonds. The van der Waals surface area contributed by atoms with Crippen LogP contribution in [0.4, 0.5) is 11.4 Å². The van der Waals surface area contributed by atoms with Crippen molar-refractivity contribution in [3.8, 4) is 0 Å². The Morgan fingerprint density at radius 1 is 1.30 bits per heavy atom. The summed E-state index contributed by atoms with van der Waals surface area (Å²) in [5, 5.41) is 15.2. The first kappa shape index (κ1) is 14.2. The summed E-state index contributed by atoms with van der Waals surface area (Å²) in [7, 11) is 0. The van der Waals surface area contributed by atoms with E-state index in [1.54, 1.807) is 12.1 Å². The number of benzene rings is 1. The molecule has 102 valence electrons. The van der Waals surface area contributed by atoms with Gasteiger partial charge in [0, 0.05) is 30.1 Å². The van der Waals surface area contributed by atoms with Crippen molar-refractivity contribution >= 4 is 40.8 Å². The number of anilines is 1. The molecule has 1 aromatic carbocycles. The molecular weight excluding hydrogens is 303 g/mol. The first-order valence-corrected chi connectivity index (χ1v) is 6.16. The zero-order chi connectivity index (χ0) is 14.5. The van der Waals surface area contributed by atoms with Gasteiger partial charge in [0.05, 0.1) is 26.9 Å². The summed E-state index contributed by atoms with van der Waals surface area (Å²) in [6, 6.07) is 6.07. The van der Waals surface area contributed by atoms with Crippen LogP contribution in [0.5, 0.6) is 0 Å². The highest BCUT2D eigenvalue weighted by Gasteiger charge is 2.05. The van der Waals surface area contributed by atoms with E-state index in [2.05, 4.69) is 15.5 Å². The minimum atomic E-state index is -0.471. The Morgan fingerprint density at radius 2 is 2.00 bits per heavy atom. The fourth-order valence-corrected chi connectivity index (χ4v) is 1.86. The van der Waals surface area contributed by atoms with E-state index in [4.69, 9.17) is 23.2 Å². The zero-order valence-electron chi connectivity index (χ0n) is 9.96. The molecule has 6 nitrogen and oxygen atoms in total. The molecule has 0 atom stereocenters. The van der Waals surface area contributed by atoms with Crippen molar-refractivity contribution in [3.05, 3.63) is 62.4 Å². The van der Waals surface area contributed by atoms with Crippen LogP contribution in [0.2, 0.25) is 10.0 Å². The average Bonchev–Trinajstić information content (AvgIpc) is 2.42. The molecule has 2 aromatic rings. The van der Waals surface area contributed by atoms with Crippen LogP contribution in [-0.4, -0.2) is 16.1 Å². The molecule has 0 saturated carbocycles. The van der Waals surface area contributed by atoms with E-state index in [0.717, 1.165) is 0 Å². The van der Waals surface area contributed by atoms with E-state index in [9.17, 15) is 10.1 Å². The summed E-state index contributed by atoms with van der Waals surface area (Å²) in [5.74, 6) is 0. The van der Waals surface area contributed by atoms with E-state index >= 15 is 0 Å². The molecule has 8 heteroatoms. The Labute approximate surface area is 124 Å². The number of hydrogen-bond donors (Lipinski definition) is 1. The lowest BCUT2D eigenvalue weighted by Gasteiger charge is -2.04. The molecule has 0 radical (unpaired) electrons. The van der Waals surface area contributed by atoms with Crippen LogP contribution in [0.15, 0.2) is 41.8 Å². The largest absolute Gasteiger partial charge is 0.275 e. The molecule has 1 N–H and O–H groups in total. The monoisotopic (exact) mass is 310 g/mol. The minimum Gasteiger partial charge on any atom is -0.275 e. The number of aromatic nitrogens is 1. The number of rotatable bonds is 4. The van der Waals surface area contributed by atoms with Crippen molar-refractivity contribution in [2.24, 2.45) is 5.10 Å². The molecule has 1 aromatic heterocycles. The summed E-state index contributed by atoms with van der Waals surface area (Å²) in [6.07, 6.45) is 4.29. The number of nitrogens with one attached hydrogen (secondary N) is 1. The molecule has 0 aliphatic heterocycles. The van der Waals surface area contributed by atoms with Crippen LogP contribution >= 0.6 is 23.2 Å². The third-order valence-electron chi connectivity index (χ3n) is 2.32. The van der Waals surface area contributed by atoms with Gasteiger partial charge in [0.1, 0.15) is 0 Å². The van der Waals surface area contributed by atoms with E-state index in [-0.39, 0.29) is 5.69 Å². The van der Waals surface area contributed by atoms with Crippen molar-refractivity contribution in [2.45, 2.75) is 0 Å². The maximum atomic E-state index is 10.6. The van der Waals surface area contributed by atoms with Crippen molar-refractivity contribution < 1.29 is 4.92 Å². The number of halogens is 2. The number of non-ortho nitro benzene ring substituents is 1. The van der Waals surface area contributed by atoms with Gasteiger partial charge in [-0.25, -0.2) is 0 Å². The Kier molecular flexibility index (Phi) is 4.49. The number of nitro benzene ring substituents is 1. The number of hydrogen-bond acceptors (Lipinski definition) is 5. The highest BCUT2D eigenvalue weighted by molar-refractivity contribution is 6.38. The molecule has 20 heavy (non-hydrogen) atoms. The van der Waals surface area contributed by atoms with Gasteiger partial charge in [0.2, 0.25) is 0 Å². The van der Waals surface area contributed by atoms with E-state index in [1.165, 1.54) is 30.7 Å². The van der Waals surface area contributed by atoms with Crippen LogP contribution < -0.4 is 5.43 Å². The van der Waals surface area contributed by atoms with Crippen LogP contribution in [0.3, 0.4) is 0 Å². The number of nitrogens with zero attached hydrogens (tertiary/aromatic N) is 3. The lowest BCUT2D eigenvalue weighted by Crippen LogP contribution is -1.94. The van der Waals surface area contributed by atoms with E-state index in [1.807, 2.05) is 0 Å². The second-order valence-electron chi connectivity index (χ2n) is 3.70. The lowest BCUT2D eigenvalue weighted by molar-refractivity contribution is -0.384. The first-order chi connectivity index (χ1) is 9.58. The average molecular weight is 311 g/mol. The first-order valence-electron chi connectivity index (χ1n) is 5.40. The van der Waals surface area contributed by atoms with Crippen molar-refractivity contribution in [1.82, 2.24) is 4.98 Å². The molecule has 0 unspecified atom stereocenters. The number of hydrazone groups is 1. The lowest BCUT2D eigenvalue weighted by atomic mass is 10.2.